The van der Waals surface area contributed by atoms with Crippen LogP contribution < -0.4 is 0 Å². The molecule has 0 radical (unpaired) electrons. The average molecular weight is 220 g/mol. The normalized spacial score (nSPS) is 37.2. The minimum atomic E-state index is -1.04. The van der Waals surface area contributed by atoms with E-state index in [1.54, 1.807) is 0 Å². The third-order valence-electron chi connectivity index (χ3n) is 2.32. The third-order valence-corrected chi connectivity index (χ3v) is 2.32. The first kappa shape index (κ1) is 12.9. The molecular weight excluding hydrogens is 200 g/mol. The van der Waals surface area contributed by atoms with Gasteiger partial charge in [0.1, 0.15) is 24.4 Å². The molecule has 1 saturated heterocycles. The summed E-state index contributed by atoms with van der Waals surface area (Å²) in [4.78, 5) is 0. The van der Waals surface area contributed by atoms with Crippen LogP contribution in [0, 0.1) is 0 Å². The van der Waals surface area contributed by atoms with Gasteiger partial charge in [-0.25, -0.2) is 0 Å². The van der Waals surface area contributed by atoms with Crippen molar-refractivity contribution in [3.8, 4) is 0 Å². The predicted molar refractivity (Wildman–Crippen MR) is 53.5 cm³/mol. The first-order valence-electron chi connectivity index (χ1n) is 5.11. The van der Waals surface area contributed by atoms with Crippen LogP contribution in [0.15, 0.2) is 0 Å². The summed E-state index contributed by atoms with van der Waals surface area (Å²) in [6.45, 7) is 5.60. The number of rotatable bonds is 3. The topological polar surface area (TPSA) is 79.2 Å². The van der Waals surface area contributed by atoms with E-state index in [0.717, 1.165) is 0 Å². The molecule has 1 aliphatic heterocycles. The Morgan fingerprint density at radius 2 is 1.67 bits per heavy atom. The molecule has 3 N–H and O–H groups in total. The van der Waals surface area contributed by atoms with E-state index in [9.17, 15) is 10.2 Å². The van der Waals surface area contributed by atoms with Gasteiger partial charge in [0, 0.05) is 0 Å². The molecule has 0 bridgehead atoms. The molecule has 0 aromatic heterocycles. The molecule has 0 aliphatic carbocycles. The van der Waals surface area contributed by atoms with E-state index < -0.39 is 24.4 Å². The van der Waals surface area contributed by atoms with Crippen molar-refractivity contribution in [3.05, 3.63) is 0 Å². The highest BCUT2D eigenvalue weighted by molar-refractivity contribution is 4.90. The maximum atomic E-state index is 9.59. The standard InChI is InChI=1S/C10H20O5/c1-10(2,3)14-5-7-9(13)8(12)6(4-11)15-7/h6-9,11-13H,4-5H2,1-3H3/t6-,7+,8-,9-/m1/s1. The van der Waals surface area contributed by atoms with Crippen molar-refractivity contribution >= 4 is 0 Å². The fourth-order valence-corrected chi connectivity index (χ4v) is 1.45. The van der Waals surface area contributed by atoms with Gasteiger partial charge in [-0.3, -0.25) is 0 Å². The average Bonchev–Trinajstić information content (AvgIpc) is 2.40. The lowest BCUT2D eigenvalue weighted by atomic mass is 10.1. The molecule has 90 valence electrons. The summed E-state index contributed by atoms with van der Waals surface area (Å²) in [7, 11) is 0. The molecule has 0 aromatic carbocycles. The Balaban J connectivity index is 2.44. The summed E-state index contributed by atoms with van der Waals surface area (Å²) in [5, 5.41) is 27.9. The van der Waals surface area contributed by atoms with Gasteiger partial charge in [0.05, 0.1) is 18.8 Å². The van der Waals surface area contributed by atoms with E-state index in [1.807, 2.05) is 20.8 Å². The quantitative estimate of drug-likeness (QED) is 0.585. The summed E-state index contributed by atoms with van der Waals surface area (Å²) < 4.78 is 10.7. The molecule has 0 saturated carbocycles. The second-order valence-electron chi connectivity index (χ2n) is 4.80. The second-order valence-corrected chi connectivity index (χ2v) is 4.80. The van der Waals surface area contributed by atoms with Gasteiger partial charge in [0.15, 0.2) is 0 Å². The highest BCUT2D eigenvalue weighted by atomic mass is 16.6. The number of hydrogen-bond acceptors (Lipinski definition) is 5. The molecular formula is C10H20O5. The minimum absolute atomic E-state index is 0.207. The van der Waals surface area contributed by atoms with E-state index in [0.29, 0.717) is 0 Å². The number of aliphatic hydroxyl groups excluding tert-OH is 3. The van der Waals surface area contributed by atoms with Crippen molar-refractivity contribution in [2.45, 2.75) is 50.8 Å². The molecule has 5 nitrogen and oxygen atoms in total. The van der Waals surface area contributed by atoms with Gasteiger partial charge < -0.3 is 24.8 Å². The van der Waals surface area contributed by atoms with Crippen molar-refractivity contribution in [1.82, 2.24) is 0 Å². The molecule has 0 aromatic rings. The van der Waals surface area contributed by atoms with Gasteiger partial charge in [-0.15, -0.1) is 0 Å². The van der Waals surface area contributed by atoms with Gasteiger partial charge in [0.25, 0.3) is 0 Å². The summed E-state index contributed by atoms with van der Waals surface area (Å²) >= 11 is 0. The highest BCUT2D eigenvalue weighted by Gasteiger charge is 2.42. The van der Waals surface area contributed by atoms with E-state index in [2.05, 4.69) is 0 Å². The fraction of sp³-hybridized carbons (Fsp3) is 1.00. The number of hydrogen-bond donors (Lipinski definition) is 3. The van der Waals surface area contributed by atoms with Crippen molar-refractivity contribution in [2.24, 2.45) is 0 Å². The van der Waals surface area contributed by atoms with Gasteiger partial charge >= 0.3 is 0 Å². The Hall–Kier alpha value is -0.200. The van der Waals surface area contributed by atoms with Gasteiger partial charge in [0.2, 0.25) is 0 Å². The fourth-order valence-electron chi connectivity index (χ4n) is 1.45. The molecule has 15 heavy (non-hydrogen) atoms. The lowest BCUT2D eigenvalue weighted by molar-refractivity contribution is -0.0932. The Morgan fingerprint density at radius 1 is 1.13 bits per heavy atom. The van der Waals surface area contributed by atoms with Crippen LogP contribution in [0.4, 0.5) is 0 Å². The smallest absolute Gasteiger partial charge is 0.111 e. The molecule has 0 unspecified atom stereocenters. The number of aliphatic hydroxyl groups is 3. The minimum Gasteiger partial charge on any atom is -0.394 e. The van der Waals surface area contributed by atoms with Crippen molar-refractivity contribution in [2.75, 3.05) is 13.2 Å². The molecule has 1 fully saturated rings. The Kier molecular flexibility index (Phi) is 4.08. The summed E-state index contributed by atoms with van der Waals surface area (Å²) in [5.41, 5.74) is -0.314. The zero-order valence-electron chi connectivity index (χ0n) is 9.38. The second kappa shape index (κ2) is 4.76. The van der Waals surface area contributed by atoms with Crippen LogP contribution >= 0.6 is 0 Å². The van der Waals surface area contributed by atoms with E-state index in [1.165, 1.54) is 0 Å². The van der Waals surface area contributed by atoms with Gasteiger partial charge in [-0.1, -0.05) is 0 Å². The Labute approximate surface area is 89.6 Å². The van der Waals surface area contributed by atoms with E-state index in [-0.39, 0.29) is 18.8 Å². The highest BCUT2D eigenvalue weighted by Crippen LogP contribution is 2.22. The van der Waals surface area contributed by atoms with Crippen molar-refractivity contribution < 1.29 is 24.8 Å². The Morgan fingerprint density at radius 3 is 2.07 bits per heavy atom. The predicted octanol–water partition coefficient (Wildman–Crippen LogP) is -0.717. The Bertz CT molecular complexity index is 200. The van der Waals surface area contributed by atoms with Gasteiger partial charge in [-0.2, -0.15) is 0 Å². The third kappa shape index (κ3) is 3.39. The zero-order valence-corrected chi connectivity index (χ0v) is 9.38. The van der Waals surface area contributed by atoms with Crippen LogP contribution in [0.1, 0.15) is 20.8 Å². The molecule has 1 rings (SSSR count). The molecule has 5 heteroatoms. The SMILES string of the molecule is CC(C)(C)OC[C@@H]1O[C@H](CO)[C@@H](O)[C@@H]1O. The van der Waals surface area contributed by atoms with Crippen LogP contribution in [0.5, 0.6) is 0 Å². The summed E-state index contributed by atoms with van der Waals surface area (Å²) in [6, 6.07) is 0. The number of ether oxygens (including phenoxy) is 2. The molecule has 1 heterocycles. The van der Waals surface area contributed by atoms with Crippen LogP contribution in [0.2, 0.25) is 0 Å². The molecule has 0 spiro atoms. The monoisotopic (exact) mass is 220 g/mol. The molecule has 4 atom stereocenters. The van der Waals surface area contributed by atoms with Crippen molar-refractivity contribution in [3.63, 3.8) is 0 Å². The zero-order chi connectivity index (χ0) is 11.6. The maximum Gasteiger partial charge on any atom is 0.111 e. The van der Waals surface area contributed by atoms with E-state index >= 15 is 0 Å². The molecule has 0 amide bonds. The summed E-state index contributed by atoms with van der Waals surface area (Å²) in [6.07, 6.45) is -3.32. The van der Waals surface area contributed by atoms with Crippen molar-refractivity contribution in [1.29, 1.82) is 0 Å². The maximum absolute atomic E-state index is 9.59. The van der Waals surface area contributed by atoms with Crippen LogP contribution in [-0.4, -0.2) is 58.6 Å². The van der Waals surface area contributed by atoms with Gasteiger partial charge in [-0.05, 0) is 20.8 Å². The molecule has 1 aliphatic rings. The van der Waals surface area contributed by atoms with Crippen LogP contribution in [0.3, 0.4) is 0 Å². The summed E-state index contributed by atoms with van der Waals surface area (Å²) in [5.74, 6) is 0. The lowest BCUT2D eigenvalue weighted by Gasteiger charge is -2.23. The first-order chi connectivity index (χ1) is 6.85. The van der Waals surface area contributed by atoms with Crippen LogP contribution in [-0.2, 0) is 9.47 Å². The van der Waals surface area contributed by atoms with Crippen LogP contribution in [0.25, 0.3) is 0 Å². The van der Waals surface area contributed by atoms with E-state index in [4.69, 9.17) is 14.6 Å². The first-order valence-corrected chi connectivity index (χ1v) is 5.11. The largest absolute Gasteiger partial charge is 0.394 e. The lowest BCUT2D eigenvalue weighted by Crippen LogP contribution is -2.36.